The van der Waals surface area contributed by atoms with Gasteiger partial charge >= 0.3 is 0 Å². The molecule has 7 heteroatoms. The Balaban J connectivity index is 1.57. The standard InChI is InChI=1S/C23H21N3O3S/c27-22(19-10-13-24-14-11-19)25-15-12-23(17-25)20-8-4-5-9-21(20)30(28,29)26(23)16-18-6-2-1-3-7-18/h1-11,13-14H,12,15-17H2. The van der Waals surface area contributed by atoms with E-state index in [1.807, 2.05) is 42.5 Å². The molecule has 1 unspecified atom stereocenters. The van der Waals surface area contributed by atoms with E-state index in [0.717, 1.165) is 11.1 Å². The molecule has 1 saturated heterocycles. The van der Waals surface area contributed by atoms with E-state index in [1.54, 1.807) is 45.9 Å². The number of benzene rings is 2. The van der Waals surface area contributed by atoms with Gasteiger partial charge in [0.05, 0.1) is 10.4 Å². The molecular formula is C23H21N3O3S. The van der Waals surface area contributed by atoms with E-state index in [1.165, 1.54) is 0 Å². The summed E-state index contributed by atoms with van der Waals surface area (Å²) in [6.45, 7) is 1.10. The van der Waals surface area contributed by atoms with Crippen molar-refractivity contribution in [2.45, 2.75) is 23.4 Å². The third-order valence-electron chi connectivity index (χ3n) is 6.07. The van der Waals surface area contributed by atoms with Crippen molar-refractivity contribution in [1.82, 2.24) is 14.2 Å². The maximum Gasteiger partial charge on any atom is 0.254 e. The minimum absolute atomic E-state index is 0.101. The van der Waals surface area contributed by atoms with E-state index in [-0.39, 0.29) is 12.5 Å². The number of hydrogen-bond acceptors (Lipinski definition) is 4. The highest BCUT2D eigenvalue weighted by atomic mass is 32.2. The van der Waals surface area contributed by atoms with Gasteiger partial charge in [0.1, 0.15) is 0 Å². The summed E-state index contributed by atoms with van der Waals surface area (Å²) >= 11 is 0. The average molecular weight is 420 g/mol. The molecule has 1 atom stereocenters. The summed E-state index contributed by atoms with van der Waals surface area (Å²) in [6.07, 6.45) is 3.75. The highest BCUT2D eigenvalue weighted by Crippen LogP contribution is 2.50. The normalized spacial score (nSPS) is 22.3. The number of sulfonamides is 1. The van der Waals surface area contributed by atoms with Gasteiger partial charge in [-0.1, -0.05) is 48.5 Å². The Hall–Kier alpha value is -3.03. The monoisotopic (exact) mass is 419 g/mol. The molecule has 2 aliphatic rings. The van der Waals surface area contributed by atoms with Gasteiger partial charge in [0.2, 0.25) is 10.0 Å². The first kappa shape index (κ1) is 19.0. The van der Waals surface area contributed by atoms with Crippen LogP contribution in [0.3, 0.4) is 0 Å². The first-order valence-corrected chi connectivity index (χ1v) is 11.3. The molecule has 0 aliphatic carbocycles. The number of hydrogen-bond donors (Lipinski definition) is 0. The second-order valence-corrected chi connectivity index (χ2v) is 9.57. The summed E-state index contributed by atoms with van der Waals surface area (Å²) in [6, 6.07) is 20.2. The van der Waals surface area contributed by atoms with Gasteiger partial charge in [-0.2, -0.15) is 4.31 Å². The van der Waals surface area contributed by atoms with Crippen LogP contribution in [-0.2, 0) is 22.1 Å². The zero-order valence-corrected chi connectivity index (χ0v) is 17.1. The number of nitrogens with zero attached hydrogens (tertiary/aromatic N) is 3. The van der Waals surface area contributed by atoms with Gasteiger partial charge in [-0.05, 0) is 35.7 Å². The first-order valence-electron chi connectivity index (χ1n) is 9.88. The SMILES string of the molecule is O=C(c1ccncc1)N1CCC2(C1)c1ccccc1S(=O)(=O)N2Cc1ccccc1. The van der Waals surface area contributed by atoms with Crippen molar-refractivity contribution in [3.63, 3.8) is 0 Å². The Labute approximate surface area is 175 Å². The van der Waals surface area contributed by atoms with Gasteiger partial charge in [-0.3, -0.25) is 9.78 Å². The van der Waals surface area contributed by atoms with Gasteiger partial charge < -0.3 is 4.90 Å². The summed E-state index contributed by atoms with van der Waals surface area (Å²) in [7, 11) is -3.66. The molecule has 0 N–H and O–H groups in total. The topological polar surface area (TPSA) is 70.6 Å². The van der Waals surface area contributed by atoms with Gasteiger partial charge in [-0.15, -0.1) is 0 Å². The van der Waals surface area contributed by atoms with E-state index in [2.05, 4.69) is 4.98 Å². The molecule has 1 spiro atoms. The van der Waals surface area contributed by atoms with E-state index in [0.29, 0.717) is 30.0 Å². The van der Waals surface area contributed by atoms with Crippen LogP contribution in [0.5, 0.6) is 0 Å². The van der Waals surface area contributed by atoms with Crippen LogP contribution in [0.25, 0.3) is 0 Å². The van der Waals surface area contributed by atoms with Gasteiger partial charge in [0.15, 0.2) is 0 Å². The number of rotatable bonds is 3. The molecule has 2 aromatic carbocycles. The van der Waals surface area contributed by atoms with Gasteiger partial charge in [0.25, 0.3) is 5.91 Å². The number of carbonyl (C=O) groups excluding carboxylic acids is 1. The Bertz CT molecular complexity index is 1200. The maximum atomic E-state index is 13.5. The molecule has 2 aliphatic heterocycles. The summed E-state index contributed by atoms with van der Waals surface area (Å²) < 4.78 is 28.6. The lowest BCUT2D eigenvalue weighted by Gasteiger charge is -2.34. The number of amides is 1. The second kappa shape index (κ2) is 7.04. The molecular weight excluding hydrogens is 398 g/mol. The summed E-state index contributed by atoms with van der Waals surface area (Å²) in [4.78, 5) is 19.1. The van der Waals surface area contributed by atoms with Crippen LogP contribution in [0.1, 0.15) is 27.9 Å². The number of fused-ring (bicyclic) bond motifs is 2. The van der Waals surface area contributed by atoms with Gasteiger partial charge in [0, 0.05) is 37.6 Å². The van der Waals surface area contributed by atoms with Crippen molar-refractivity contribution in [1.29, 1.82) is 0 Å². The molecule has 3 aromatic rings. The molecule has 3 heterocycles. The third kappa shape index (κ3) is 2.85. The van der Waals surface area contributed by atoms with Crippen molar-refractivity contribution >= 4 is 15.9 Å². The highest BCUT2D eigenvalue weighted by molar-refractivity contribution is 7.89. The largest absolute Gasteiger partial charge is 0.336 e. The van der Waals surface area contributed by atoms with Crippen LogP contribution in [0, 0.1) is 0 Å². The van der Waals surface area contributed by atoms with Crippen molar-refractivity contribution in [2.24, 2.45) is 0 Å². The minimum atomic E-state index is -3.66. The maximum absolute atomic E-state index is 13.5. The fourth-order valence-corrected chi connectivity index (χ4v) is 6.66. The Morgan fingerprint density at radius 3 is 2.43 bits per heavy atom. The Morgan fingerprint density at radius 1 is 0.967 bits per heavy atom. The van der Waals surface area contributed by atoms with E-state index in [9.17, 15) is 13.2 Å². The summed E-state index contributed by atoms with van der Waals surface area (Å²) in [5.74, 6) is -0.101. The molecule has 0 radical (unpaired) electrons. The zero-order valence-electron chi connectivity index (χ0n) is 16.3. The lowest BCUT2D eigenvalue weighted by atomic mass is 9.88. The zero-order chi connectivity index (χ0) is 20.8. The number of carbonyl (C=O) groups is 1. The second-order valence-electron chi connectivity index (χ2n) is 7.74. The van der Waals surface area contributed by atoms with Gasteiger partial charge in [-0.25, -0.2) is 8.42 Å². The van der Waals surface area contributed by atoms with Crippen LogP contribution in [0.2, 0.25) is 0 Å². The van der Waals surface area contributed by atoms with Crippen LogP contribution in [0.15, 0.2) is 84.0 Å². The number of pyridine rings is 1. The molecule has 30 heavy (non-hydrogen) atoms. The number of likely N-dealkylation sites (tertiary alicyclic amines) is 1. The van der Waals surface area contributed by atoms with Crippen LogP contribution < -0.4 is 0 Å². The first-order chi connectivity index (χ1) is 14.5. The van der Waals surface area contributed by atoms with E-state index in [4.69, 9.17) is 0 Å². The predicted octanol–water partition coefficient (Wildman–Crippen LogP) is 3.03. The predicted molar refractivity (Wildman–Crippen MR) is 112 cm³/mol. The fraction of sp³-hybridized carbons (Fsp3) is 0.217. The Morgan fingerprint density at radius 2 is 1.67 bits per heavy atom. The quantitative estimate of drug-likeness (QED) is 0.654. The highest BCUT2D eigenvalue weighted by Gasteiger charge is 2.57. The smallest absolute Gasteiger partial charge is 0.254 e. The molecule has 6 nitrogen and oxygen atoms in total. The van der Waals surface area contributed by atoms with Crippen molar-refractivity contribution < 1.29 is 13.2 Å². The average Bonchev–Trinajstić information content (AvgIpc) is 3.30. The lowest BCUT2D eigenvalue weighted by Crippen LogP contribution is -2.46. The van der Waals surface area contributed by atoms with Crippen LogP contribution in [0.4, 0.5) is 0 Å². The molecule has 1 aromatic heterocycles. The lowest BCUT2D eigenvalue weighted by molar-refractivity contribution is 0.0762. The fourth-order valence-electron chi connectivity index (χ4n) is 4.61. The summed E-state index contributed by atoms with van der Waals surface area (Å²) in [5.41, 5.74) is 1.51. The minimum Gasteiger partial charge on any atom is -0.336 e. The molecule has 0 bridgehead atoms. The van der Waals surface area contributed by atoms with E-state index >= 15 is 0 Å². The molecule has 1 amide bonds. The van der Waals surface area contributed by atoms with Crippen molar-refractivity contribution in [3.8, 4) is 0 Å². The molecule has 5 rings (SSSR count). The third-order valence-corrected chi connectivity index (χ3v) is 8.04. The molecule has 152 valence electrons. The van der Waals surface area contributed by atoms with Crippen LogP contribution in [-0.4, -0.2) is 41.6 Å². The van der Waals surface area contributed by atoms with Crippen molar-refractivity contribution in [3.05, 3.63) is 95.8 Å². The molecule has 1 fully saturated rings. The van der Waals surface area contributed by atoms with Crippen molar-refractivity contribution in [2.75, 3.05) is 13.1 Å². The van der Waals surface area contributed by atoms with Crippen LogP contribution >= 0.6 is 0 Å². The molecule has 0 saturated carbocycles. The number of aromatic nitrogens is 1. The van der Waals surface area contributed by atoms with E-state index < -0.39 is 15.6 Å². The Kier molecular flexibility index (Phi) is 4.45. The summed E-state index contributed by atoms with van der Waals surface area (Å²) in [5, 5.41) is 0.